The number of phenolic OH excluding ortho intramolecular Hbond substituents is 1. The second kappa shape index (κ2) is 3.69. The normalized spacial score (nSPS) is 19.0. The fraction of sp³-hybridized carbons (Fsp3) is 0.222. The number of nitrogens with one attached hydrogen (secondary N) is 1. The molecule has 0 radical (unpaired) electrons. The molecule has 0 saturated carbocycles. The number of nitro groups is 1. The highest BCUT2D eigenvalue weighted by Gasteiger charge is 2.29. The lowest BCUT2D eigenvalue weighted by atomic mass is 10.1. The molecule has 0 unspecified atom stereocenters. The molecule has 0 aromatic heterocycles. The maximum Gasteiger partial charge on any atom is 0.407 e. The molecule has 1 aliphatic rings. The second-order valence-corrected chi connectivity index (χ2v) is 3.30. The van der Waals surface area contributed by atoms with Gasteiger partial charge in [0.2, 0.25) is 0 Å². The minimum atomic E-state index is -0.623. The summed E-state index contributed by atoms with van der Waals surface area (Å²) >= 11 is 0. The highest BCUT2D eigenvalue weighted by molar-refractivity contribution is 5.70. The number of rotatable bonds is 2. The van der Waals surface area contributed by atoms with Crippen LogP contribution in [0, 0.1) is 10.1 Å². The van der Waals surface area contributed by atoms with E-state index in [2.05, 4.69) is 10.1 Å². The quantitative estimate of drug-likeness (QED) is 0.578. The third-order valence-corrected chi connectivity index (χ3v) is 2.26. The molecule has 1 saturated heterocycles. The van der Waals surface area contributed by atoms with E-state index in [1.54, 1.807) is 0 Å². The molecular formula is C9H8N2O5. The number of hydrogen-bond donors (Lipinski definition) is 2. The third kappa shape index (κ3) is 1.74. The van der Waals surface area contributed by atoms with Crippen molar-refractivity contribution in [2.75, 3.05) is 6.61 Å². The number of ether oxygens (including phenoxy) is 1. The van der Waals surface area contributed by atoms with Gasteiger partial charge in [-0.1, -0.05) is 0 Å². The number of amides is 1. The molecule has 1 amide bonds. The van der Waals surface area contributed by atoms with E-state index in [9.17, 15) is 20.0 Å². The minimum Gasteiger partial charge on any atom is -0.508 e. The Kier molecular flexibility index (Phi) is 2.35. The van der Waals surface area contributed by atoms with E-state index in [-0.39, 0.29) is 23.6 Å². The standard InChI is InChI=1S/C9H8N2O5/c12-5-1-2-8(11(14)15)6(3-5)7-4-16-9(13)10-7/h1-3,7,12H,4H2,(H,10,13)/t7-/m0/s1. The number of aromatic hydroxyl groups is 1. The van der Waals surface area contributed by atoms with Crippen LogP contribution in [-0.4, -0.2) is 22.7 Å². The molecule has 0 spiro atoms. The molecule has 1 aliphatic heterocycles. The van der Waals surface area contributed by atoms with Crippen LogP contribution in [0.2, 0.25) is 0 Å². The van der Waals surface area contributed by atoms with E-state index in [0.29, 0.717) is 0 Å². The summed E-state index contributed by atoms with van der Waals surface area (Å²) in [5.41, 5.74) is 0.0736. The predicted molar refractivity (Wildman–Crippen MR) is 52.0 cm³/mol. The molecule has 7 heteroatoms. The molecule has 7 nitrogen and oxygen atoms in total. The third-order valence-electron chi connectivity index (χ3n) is 2.26. The van der Waals surface area contributed by atoms with Gasteiger partial charge >= 0.3 is 6.09 Å². The monoisotopic (exact) mass is 224 g/mol. The number of carbonyl (C=O) groups excluding carboxylic acids is 1. The second-order valence-electron chi connectivity index (χ2n) is 3.30. The van der Waals surface area contributed by atoms with Crippen LogP contribution in [0.4, 0.5) is 10.5 Å². The zero-order valence-corrected chi connectivity index (χ0v) is 8.04. The number of alkyl carbamates (subject to hydrolysis) is 1. The maximum atomic E-state index is 10.8. The van der Waals surface area contributed by atoms with Crippen LogP contribution in [-0.2, 0) is 4.74 Å². The first-order valence-corrected chi connectivity index (χ1v) is 4.48. The van der Waals surface area contributed by atoms with Crippen LogP contribution in [0.25, 0.3) is 0 Å². The summed E-state index contributed by atoms with van der Waals surface area (Å²) in [5, 5.41) is 22.4. The smallest absolute Gasteiger partial charge is 0.407 e. The highest BCUT2D eigenvalue weighted by atomic mass is 16.6. The van der Waals surface area contributed by atoms with Crippen molar-refractivity contribution in [2.24, 2.45) is 0 Å². The SMILES string of the molecule is O=C1N[C@H](c2cc(O)ccc2[N+](=O)[O-])CO1. The molecule has 2 rings (SSSR count). The molecule has 1 aromatic carbocycles. The van der Waals surface area contributed by atoms with E-state index in [0.717, 1.165) is 0 Å². The number of nitro benzene ring substituents is 1. The fourth-order valence-corrected chi connectivity index (χ4v) is 1.54. The molecule has 0 aliphatic carbocycles. The number of carbonyl (C=O) groups is 1. The molecule has 84 valence electrons. The van der Waals surface area contributed by atoms with Crippen molar-refractivity contribution in [2.45, 2.75) is 6.04 Å². The van der Waals surface area contributed by atoms with E-state index >= 15 is 0 Å². The topological polar surface area (TPSA) is 102 Å². The molecule has 1 atom stereocenters. The first-order chi connectivity index (χ1) is 7.58. The van der Waals surface area contributed by atoms with Crippen LogP contribution in [0.1, 0.15) is 11.6 Å². The van der Waals surface area contributed by atoms with Gasteiger partial charge < -0.3 is 15.2 Å². The van der Waals surface area contributed by atoms with Gasteiger partial charge in [0.1, 0.15) is 12.4 Å². The van der Waals surface area contributed by atoms with Gasteiger partial charge in [0, 0.05) is 6.07 Å². The van der Waals surface area contributed by atoms with Crippen LogP contribution in [0.5, 0.6) is 5.75 Å². The molecule has 1 heterocycles. The number of hydrogen-bond acceptors (Lipinski definition) is 5. The summed E-state index contributed by atoms with van der Waals surface area (Å²) in [6.45, 7) is 0.0170. The van der Waals surface area contributed by atoms with Gasteiger partial charge in [-0.3, -0.25) is 10.1 Å². The lowest BCUT2D eigenvalue weighted by Gasteiger charge is -2.08. The maximum absolute atomic E-state index is 10.8. The van der Waals surface area contributed by atoms with Crippen molar-refractivity contribution in [3.63, 3.8) is 0 Å². The number of phenols is 1. The Bertz CT molecular complexity index is 459. The molecule has 1 fully saturated rings. The lowest BCUT2D eigenvalue weighted by Crippen LogP contribution is -2.19. The van der Waals surface area contributed by atoms with Crippen LogP contribution < -0.4 is 5.32 Å². The van der Waals surface area contributed by atoms with Crippen LogP contribution >= 0.6 is 0 Å². The van der Waals surface area contributed by atoms with E-state index in [1.807, 2.05) is 0 Å². The molecule has 16 heavy (non-hydrogen) atoms. The number of nitrogens with zero attached hydrogens (tertiary/aromatic N) is 1. The zero-order valence-electron chi connectivity index (χ0n) is 8.04. The van der Waals surface area contributed by atoms with Gasteiger partial charge in [0.25, 0.3) is 5.69 Å². The Labute approximate surface area is 89.8 Å². The van der Waals surface area contributed by atoms with Gasteiger partial charge in [0.05, 0.1) is 16.5 Å². The predicted octanol–water partition coefficient (Wildman–Crippen LogP) is 1.08. The van der Waals surface area contributed by atoms with Gasteiger partial charge in [-0.05, 0) is 12.1 Å². The summed E-state index contributed by atoms with van der Waals surface area (Å²) in [6.07, 6.45) is -0.623. The van der Waals surface area contributed by atoms with Crippen molar-refractivity contribution < 1.29 is 19.6 Å². The van der Waals surface area contributed by atoms with Gasteiger partial charge in [-0.25, -0.2) is 4.79 Å². The van der Waals surface area contributed by atoms with Crippen molar-refractivity contribution in [3.8, 4) is 5.75 Å². The highest BCUT2D eigenvalue weighted by Crippen LogP contribution is 2.30. The first kappa shape index (κ1) is 10.2. The summed E-state index contributed by atoms with van der Waals surface area (Å²) in [7, 11) is 0. The van der Waals surface area contributed by atoms with E-state index < -0.39 is 17.1 Å². The van der Waals surface area contributed by atoms with Crippen molar-refractivity contribution in [1.29, 1.82) is 0 Å². The first-order valence-electron chi connectivity index (χ1n) is 4.48. The Balaban J connectivity index is 2.41. The average molecular weight is 224 g/mol. The fourth-order valence-electron chi connectivity index (χ4n) is 1.54. The Morgan fingerprint density at radius 1 is 1.56 bits per heavy atom. The van der Waals surface area contributed by atoms with Crippen LogP contribution in [0.15, 0.2) is 18.2 Å². The number of benzene rings is 1. The molecule has 1 aromatic rings. The van der Waals surface area contributed by atoms with Crippen LogP contribution in [0.3, 0.4) is 0 Å². The average Bonchev–Trinajstić information content (AvgIpc) is 2.64. The largest absolute Gasteiger partial charge is 0.508 e. The molecular weight excluding hydrogens is 216 g/mol. The summed E-state index contributed by atoms with van der Waals surface area (Å²) < 4.78 is 4.64. The van der Waals surface area contributed by atoms with Gasteiger partial charge in [0.15, 0.2) is 0 Å². The van der Waals surface area contributed by atoms with Crippen molar-refractivity contribution >= 4 is 11.8 Å². The van der Waals surface area contributed by atoms with Crippen molar-refractivity contribution in [3.05, 3.63) is 33.9 Å². The van der Waals surface area contributed by atoms with E-state index in [1.165, 1.54) is 18.2 Å². The summed E-state index contributed by atoms with van der Waals surface area (Å²) in [5.74, 6) is -0.0956. The summed E-state index contributed by atoms with van der Waals surface area (Å²) in [4.78, 5) is 21.0. The van der Waals surface area contributed by atoms with E-state index in [4.69, 9.17) is 0 Å². The minimum absolute atomic E-state index is 0.0170. The van der Waals surface area contributed by atoms with Crippen molar-refractivity contribution in [1.82, 2.24) is 5.32 Å². The Morgan fingerprint density at radius 3 is 2.88 bits per heavy atom. The number of cyclic esters (lactones) is 1. The lowest BCUT2D eigenvalue weighted by molar-refractivity contribution is -0.385. The zero-order chi connectivity index (χ0) is 11.7. The van der Waals surface area contributed by atoms with Gasteiger partial charge in [-0.15, -0.1) is 0 Å². The summed E-state index contributed by atoms with van der Waals surface area (Å²) in [6, 6.07) is 3.06. The Morgan fingerprint density at radius 2 is 2.31 bits per heavy atom. The molecule has 0 bridgehead atoms. The Hall–Kier alpha value is -2.31. The molecule has 2 N–H and O–H groups in total. The van der Waals surface area contributed by atoms with Gasteiger partial charge in [-0.2, -0.15) is 0 Å².